The molecule has 0 radical (unpaired) electrons. The Hall–Kier alpha value is -2.41. The van der Waals surface area contributed by atoms with Crippen molar-refractivity contribution < 1.29 is 13.9 Å². The van der Waals surface area contributed by atoms with Gasteiger partial charge in [-0.3, -0.25) is 5.32 Å². The third kappa shape index (κ3) is 3.56. The van der Waals surface area contributed by atoms with E-state index in [0.717, 1.165) is 21.5 Å². The van der Waals surface area contributed by atoms with Gasteiger partial charge in [-0.05, 0) is 50.8 Å². The molecule has 0 aliphatic rings. The van der Waals surface area contributed by atoms with E-state index in [2.05, 4.69) is 15.5 Å². The summed E-state index contributed by atoms with van der Waals surface area (Å²) in [5.74, 6) is 0.754. The molecule has 7 heteroatoms. The predicted octanol–water partition coefficient (Wildman–Crippen LogP) is 4.53. The van der Waals surface area contributed by atoms with Crippen molar-refractivity contribution in [2.24, 2.45) is 0 Å². The van der Waals surface area contributed by atoms with E-state index in [1.54, 1.807) is 6.26 Å². The molecule has 0 aromatic carbocycles. The van der Waals surface area contributed by atoms with Crippen LogP contribution in [-0.2, 0) is 11.2 Å². The maximum Gasteiger partial charge on any atom is 0.412 e. The standard InChI is InChI=1S/C17H19N3O3S/c1-10-9-24-15-13(10)20-19-12(8-11-6-5-7-22-11)14(15)18-16(21)23-17(2,3)4/h5-7,9H,8H2,1-4H3,(H,18,20,21). The van der Waals surface area contributed by atoms with E-state index in [9.17, 15) is 4.79 Å². The number of thiophene rings is 1. The predicted molar refractivity (Wildman–Crippen MR) is 93.5 cm³/mol. The van der Waals surface area contributed by atoms with Crippen LogP contribution in [-0.4, -0.2) is 21.9 Å². The highest BCUT2D eigenvalue weighted by molar-refractivity contribution is 7.18. The SMILES string of the molecule is Cc1csc2c(NC(=O)OC(C)(C)C)c(Cc3ccco3)nnc12. The fourth-order valence-corrected chi connectivity index (χ4v) is 3.27. The average molecular weight is 345 g/mol. The lowest BCUT2D eigenvalue weighted by atomic mass is 10.2. The number of carbonyl (C=O) groups is 1. The highest BCUT2D eigenvalue weighted by Gasteiger charge is 2.21. The molecule has 3 aromatic heterocycles. The second-order valence-corrected chi connectivity index (χ2v) is 7.38. The molecule has 0 unspecified atom stereocenters. The van der Waals surface area contributed by atoms with Crippen molar-refractivity contribution in [2.75, 3.05) is 5.32 Å². The Kier molecular flexibility index (Phi) is 4.28. The maximum atomic E-state index is 12.2. The minimum Gasteiger partial charge on any atom is -0.469 e. The van der Waals surface area contributed by atoms with Gasteiger partial charge in [0.25, 0.3) is 0 Å². The Morgan fingerprint density at radius 3 is 2.83 bits per heavy atom. The molecule has 0 saturated carbocycles. The number of aromatic nitrogens is 2. The molecule has 1 amide bonds. The van der Waals surface area contributed by atoms with Crippen LogP contribution in [0.2, 0.25) is 0 Å². The average Bonchev–Trinajstić information content (AvgIpc) is 3.10. The van der Waals surface area contributed by atoms with Crippen LogP contribution in [0.1, 0.15) is 37.8 Å². The van der Waals surface area contributed by atoms with Gasteiger partial charge >= 0.3 is 6.09 Å². The van der Waals surface area contributed by atoms with Crippen LogP contribution >= 0.6 is 11.3 Å². The number of furan rings is 1. The van der Waals surface area contributed by atoms with E-state index < -0.39 is 11.7 Å². The summed E-state index contributed by atoms with van der Waals surface area (Å²) in [6.07, 6.45) is 1.54. The van der Waals surface area contributed by atoms with Crippen LogP contribution in [0.4, 0.5) is 10.5 Å². The second-order valence-electron chi connectivity index (χ2n) is 6.50. The molecule has 6 nitrogen and oxygen atoms in total. The zero-order valence-electron chi connectivity index (χ0n) is 14.0. The zero-order chi connectivity index (χ0) is 17.3. The number of ether oxygens (including phenoxy) is 1. The first-order chi connectivity index (χ1) is 11.3. The first kappa shape index (κ1) is 16.4. The Morgan fingerprint density at radius 1 is 1.38 bits per heavy atom. The first-order valence-electron chi connectivity index (χ1n) is 7.59. The van der Waals surface area contributed by atoms with Crippen molar-refractivity contribution in [3.05, 3.63) is 40.8 Å². The quantitative estimate of drug-likeness (QED) is 0.754. The zero-order valence-corrected chi connectivity index (χ0v) is 14.9. The van der Waals surface area contributed by atoms with Crippen LogP contribution in [0.5, 0.6) is 0 Å². The smallest absolute Gasteiger partial charge is 0.412 e. The molecule has 3 aromatic rings. The lowest BCUT2D eigenvalue weighted by molar-refractivity contribution is 0.0636. The fourth-order valence-electron chi connectivity index (χ4n) is 2.27. The number of anilines is 1. The number of amides is 1. The molecule has 0 aliphatic carbocycles. The molecule has 0 spiro atoms. The van der Waals surface area contributed by atoms with Gasteiger partial charge < -0.3 is 9.15 Å². The summed E-state index contributed by atoms with van der Waals surface area (Å²) in [4.78, 5) is 12.2. The van der Waals surface area contributed by atoms with Gasteiger partial charge in [0.1, 0.15) is 16.9 Å². The van der Waals surface area contributed by atoms with Gasteiger partial charge in [0.2, 0.25) is 0 Å². The number of fused-ring (bicyclic) bond motifs is 1. The lowest BCUT2D eigenvalue weighted by Crippen LogP contribution is -2.27. The van der Waals surface area contributed by atoms with Gasteiger partial charge in [-0.25, -0.2) is 4.79 Å². The van der Waals surface area contributed by atoms with Crippen LogP contribution in [0.3, 0.4) is 0 Å². The molecule has 1 N–H and O–H groups in total. The van der Waals surface area contributed by atoms with Crippen molar-refractivity contribution in [1.29, 1.82) is 0 Å². The van der Waals surface area contributed by atoms with Crippen LogP contribution in [0.15, 0.2) is 28.2 Å². The van der Waals surface area contributed by atoms with E-state index in [-0.39, 0.29) is 0 Å². The summed E-state index contributed by atoms with van der Waals surface area (Å²) in [5, 5.41) is 13.4. The van der Waals surface area contributed by atoms with Crippen LogP contribution in [0.25, 0.3) is 10.2 Å². The van der Waals surface area contributed by atoms with Crippen molar-refractivity contribution in [3.63, 3.8) is 0 Å². The van der Waals surface area contributed by atoms with Crippen molar-refractivity contribution in [3.8, 4) is 0 Å². The summed E-state index contributed by atoms with van der Waals surface area (Å²) >= 11 is 1.52. The minimum absolute atomic E-state index is 0.442. The molecule has 3 rings (SSSR count). The third-order valence-corrected chi connectivity index (χ3v) is 4.38. The van der Waals surface area contributed by atoms with Crippen molar-refractivity contribution in [1.82, 2.24) is 10.2 Å². The number of nitrogens with zero attached hydrogens (tertiary/aromatic N) is 2. The lowest BCUT2D eigenvalue weighted by Gasteiger charge is -2.20. The normalized spacial score (nSPS) is 11.7. The molecular formula is C17H19N3O3S. The second kappa shape index (κ2) is 6.24. The van der Waals surface area contributed by atoms with Crippen LogP contribution < -0.4 is 5.32 Å². The van der Waals surface area contributed by atoms with E-state index in [1.807, 2.05) is 45.2 Å². The van der Waals surface area contributed by atoms with Crippen LogP contribution in [0, 0.1) is 6.92 Å². The molecule has 0 aliphatic heterocycles. The number of hydrogen-bond acceptors (Lipinski definition) is 6. The molecule has 0 saturated heterocycles. The van der Waals surface area contributed by atoms with Gasteiger partial charge in [-0.15, -0.1) is 16.4 Å². The monoisotopic (exact) mass is 345 g/mol. The van der Waals surface area contributed by atoms with Gasteiger partial charge in [0.15, 0.2) is 0 Å². The summed E-state index contributed by atoms with van der Waals surface area (Å²) in [7, 11) is 0. The largest absolute Gasteiger partial charge is 0.469 e. The number of rotatable bonds is 3. The molecule has 0 bridgehead atoms. The molecule has 0 atom stereocenters. The molecule has 24 heavy (non-hydrogen) atoms. The van der Waals surface area contributed by atoms with Crippen molar-refractivity contribution in [2.45, 2.75) is 39.7 Å². The van der Waals surface area contributed by atoms with E-state index in [1.165, 1.54) is 11.3 Å². The number of nitrogens with one attached hydrogen (secondary N) is 1. The number of hydrogen-bond donors (Lipinski definition) is 1. The van der Waals surface area contributed by atoms with E-state index in [4.69, 9.17) is 9.15 Å². The number of aryl methyl sites for hydroxylation is 1. The molecule has 0 fully saturated rings. The van der Waals surface area contributed by atoms with Gasteiger partial charge in [0, 0.05) is 0 Å². The molecular weight excluding hydrogens is 326 g/mol. The van der Waals surface area contributed by atoms with E-state index in [0.29, 0.717) is 17.8 Å². The third-order valence-electron chi connectivity index (χ3n) is 3.28. The molecule has 3 heterocycles. The Morgan fingerprint density at radius 2 is 2.17 bits per heavy atom. The fraction of sp³-hybridized carbons (Fsp3) is 0.353. The van der Waals surface area contributed by atoms with Gasteiger partial charge in [-0.1, -0.05) is 0 Å². The summed E-state index contributed by atoms with van der Waals surface area (Å²) in [6, 6.07) is 3.68. The Balaban J connectivity index is 1.99. The Labute approximate surface area is 143 Å². The first-order valence-corrected chi connectivity index (χ1v) is 8.47. The molecule has 126 valence electrons. The van der Waals surface area contributed by atoms with Gasteiger partial charge in [0.05, 0.1) is 28.8 Å². The number of carbonyl (C=O) groups excluding carboxylic acids is 1. The van der Waals surface area contributed by atoms with E-state index >= 15 is 0 Å². The summed E-state index contributed by atoms with van der Waals surface area (Å²) in [6.45, 7) is 7.45. The topological polar surface area (TPSA) is 77.2 Å². The van der Waals surface area contributed by atoms with Gasteiger partial charge in [-0.2, -0.15) is 5.10 Å². The van der Waals surface area contributed by atoms with Crippen molar-refractivity contribution >= 4 is 33.3 Å². The minimum atomic E-state index is -0.573. The highest BCUT2D eigenvalue weighted by atomic mass is 32.1. The summed E-state index contributed by atoms with van der Waals surface area (Å²) in [5.41, 5.74) is 2.51. The summed E-state index contributed by atoms with van der Waals surface area (Å²) < 4.78 is 11.6. The highest BCUT2D eigenvalue weighted by Crippen LogP contribution is 2.33. The maximum absolute atomic E-state index is 12.2. The Bertz CT molecular complexity index is 863.